The number of halogens is 3. The van der Waals surface area contributed by atoms with Crippen LogP contribution in [0.4, 0.5) is 19.0 Å². The number of nitrogens with zero attached hydrogens (tertiary/aromatic N) is 2. The molecule has 1 amide bonds. The Hall–Kier alpha value is -1.83. The van der Waals surface area contributed by atoms with E-state index in [4.69, 9.17) is 10.8 Å². The summed E-state index contributed by atoms with van der Waals surface area (Å²) in [5.41, 5.74) is 6.17. The molecule has 1 aromatic rings. The third-order valence-corrected chi connectivity index (χ3v) is 2.68. The molecule has 8 heteroatoms. The number of carbonyl (C=O) groups excluding carboxylic acids is 1. The first-order valence-corrected chi connectivity index (χ1v) is 6.50. The van der Waals surface area contributed by atoms with Gasteiger partial charge in [-0.3, -0.25) is 4.79 Å². The largest absolute Gasteiger partial charge is 0.406 e. The lowest BCUT2D eigenvalue weighted by Gasteiger charge is -2.23. The number of aromatic nitrogens is 1. The first kappa shape index (κ1) is 17.2. The van der Waals surface area contributed by atoms with Crippen molar-refractivity contribution in [2.24, 2.45) is 0 Å². The van der Waals surface area contributed by atoms with Gasteiger partial charge in [0.15, 0.2) is 0 Å². The normalized spacial score (nSPS) is 11.5. The molecule has 0 aliphatic carbocycles. The Balaban J connectivity index is 3.02. The number of rotatable bonds is 6. The van der Waals surface area contributed by atoms with Gasteiger partial charge >= 0.3 is 6.18 Å². The van der Waals surface area contributed by atoms with Crippen molar-refractivity contribution in [2.45, 2.75) is 25.9 Å². The fourth-order valence-electron chi connectivity index (χ4n) is 1.89. The fraction of sp³-hybridized carbons (Fsp3) is 0.538. The number of aryl methyl sites for hydroxylation is 1. The third kappa shape index (κ3) is 5.58. The molecule has 0 saturated heterocycles. The van der Waals surface area contributed by atoms with Crippen molar-refractivity contribution in [2.75, 3.05) is 25.4 Å². The second-order valence-electron chi connectivity index (χ2n) is 4.59. The third-order valence-electron chi connectivity index (χ3n) is 2.68. The molecule has 0 bridgehead atoms. The van der Waals surface area contributed by atoms with E-state index in [2.05, 4.69) is 4.98 Å². The number of hydrogen-bond donors (Lipinski definition) is 2. The van der Waals surface area contributed by atoms with Gasteiger partial charge in [-0.15, -0.1) is 0 Å². The number of alkyl halides is 3. The highest BCUT2D eigenvalue weighted by Crippen LogP contribution is 2.19. The van der Waals surface area contributed by atoms with Crippen LogP contribution in [-0.4, -0.2) is 46.8 Å². The molecule has 0 aromatic carbocycles. The van der Waals surface area contributed by atoms with E-state index in [1.165, 1.54) is 12.1 Å². The molecule has 0 aliphatic rings. The second-order valence-corrected chi connectivity index (χ2v) is 4.59. The molecule has 21 heavy (non-hydrogen) atoms. The van der Waals surface area contributed by atoms with E-state index in [1.54, 1.807) is 0 Å². The van der Waals surface area contributed by atoms with Crippen LogP contribution in [0, 0.1) is 0 Å². The Kier molecular flexibility index (Phi) is 5.95. The number of nitrogens with two attached hydrogens (primary N) is 1. The zero-order valence-electron chi connectivity index (χ0n) is 11.7. The Bertz CT molecular complexity index is 492. The molecular weight excluding hydrogens is 287 g/mol. The number of amides is 1. The number of nitrogen functional groups attached to an aromatic ring is 1. The number of aliphatic hydroxyl groups excluding tert-OH is 1. The van der Waals surface area contributed by atoms with Gasteiger partial charge in [-0.2, -0.15) is 13.2 Å². The van der Waals surface area contributed by atoms with Gasteiger partial charge < -0.3 is 15.7 Å². The Morgan fingerprint density at radius 3 is 2.62 bits per heavy atom. The molecule has 118 valence electrons. The van der Waals surface area contributed by atoms with E-state index in [0.29, 0.717) is 17.0 Å². The summed E-state index contributed by atoms with van der Waals surface area (Å²) >= 11 is 0. The number of carbonyl (C=O) groups is 1. The first-order chi connectivity index (χ1) is 9.76. The van der Waals surface area contributed by atoms with Gasteiger partial charge in [0.2, 0.25) is 0 Å². The van der Waals surface area contributed by atoms with Gasteiger partial charge in [-0.25, -0.2) is 4.98 Å². The molecule has 0 atom stereocenters. The predicted octanol–water partition coefficient (Wildman–Crippen LogP) is 1.61. The topological polar surface area (TPSA) is 79.5 Å². The second kappa shape index (κ2) is 7.26. The highest BCUT2D eigenvalue weighted by Gasteiger charge is 2.33. The molecule has 0 spiro atoms. The van der Waals surface area contributed by atoms with Gasteiger partial charge in [0, 0.05) is 17.8 Å². The molecule has 0 unspecified atom stereocenters. The molecule has 5 nitrogen and oxygen atoms in total. The van der Waals surface area contributed by atoms with Crippen LogP contribution in [0.2, 0.25) is 0 Å². The Morgan fingerprint density at radius 1 is 1.43 bits per heavy atom. The van der Waals surface area contributed by atoms with E-state index in [9.17, 15) is 18.0 Å². The SMILES string of the molecule is CCCc1cc(C(=O)N(CCO)CC(F)(F)F)cc(N)n1. The number of pyridine rings is 1. The summed E-state index contributed by atoms with van der Waals surface area (Å²) in [5, 5.41) is 8.82. The molecule has 0 aliphatic heterocycles. The minimum absolute atomic E-state index is 0.0450. The zero-order chi connectivity index (χ0) is 16.0. The maximum absolute atomic E-state index is 12.5. The van der Waals surface area contributed by atoms with Crippen LogP contribution in [-0.2, 0) is 6.42 Å². The molecule has 3 N–H and O–H groups in total. The summed E-state index contributed by atoms with van der Waals surface area (Å²) in [6.07, 6.45) is -3.19. The molecule has 0 radical (unpaired) electrons. The molecule has 0 fully saturated rings. The summed E-state index contributed by atoms with van der Waals surface area (Å²) in [7, 11) is 0. The van der Waals surface area contributed by atoms with Gasteiger partial charge in [0.1, 0.15) is 12.4 Å². The lowest BCUT2D eigenvalue weighted by molar-refractivity contribution is -0.141. The summed E-state index contributed by atoms with van der Waals surface area (Å²) in [5.74, 6) is -0.743. The smallest absolute Gasteiger partial charge is 0.395 e. The lowest BCUT2D eigenvalue weighted by atomic mass is 10.1. The average molecular weight is 305 g/mol. The van der Waals surface area contributed by atoms with Crippen LogP contribution in [0.25, 0.3) is 0 Å². The molecular formula is C13H18F3N3O2. The highest BCUT2D eigenvalue weighted by atomic mass is 19.4. The van der Waals surface area contributed by atoms with E-state index in [0.717, 1.165) is 6.42 Å². The standard InChI is InChI=1S/C13H18F3N3O2/c1-2-3-10-6-9(7-11(17)18-10)12(21)19(4-5-20)8-13(14,15)16/h6-7,20H,2-5,8H2,1H3,(H2,17,18). The van der Waals surface area contributed by atoms with E-state index in [1.807, 2.05) is 6.92 Å². The van der Waals surface area contributed by atoms with Gasteiger partial charge in [0.25, 0.3) is 5.91 Å². The molecule has 0 saturated carbocycles. The van der Waals surface area contributed by atoms with Crippen molar-refractivity contribution >= 4 is 11.7 Å². The van der Waals surface area contributed by atoms with Crippen molar-refractivity contribution in [3.63, 3.8) is 0 Å². The molecule has 1 heterocycles. The van der Waals surface area contributed by atoms with Crippen molar-refractivity contribution in [1.29, 1.82) is 0 Å². The zero-order valence-corrected chi connectivity index (χ0v) is 11.7. The van der Waals surface area contributed by atoms with Crippen molar-refractivity contribution in [3.8, 4) is 0 Å². The monoisotopic (exact) mass is 305 g/mol. The summed E-state index contributed by atoms with van der Waals surface area (Å²) in [6.45, 7) is -0.459. The van der Waals surface area contributed by atoms with E-state index < -0.39 is 31.8 Å². The van der Waals surface area contributed by atoms with Crippen LogP contribution in [0.3, 0.4) is 0 Å². The van der Waals surface area contributed by atoms with E-state index >= 15 is 0 Å². The average Bonchev–Trinajstić information content (AvgIpc) is 2.35. The minimum atomic E-state index is -4.53. The van der Waals surface area contributed by atoms with Crippen LogP contribution in [0.5, 0.6) is 0 Å². The quantitative estimate of drug-likeness (QED) is 0.837. The maximum Gasteiger partial charge on any atom is 0.406 e. The van der Waals surface area contributed by atoms with Gasteiger partial charge in [0.05, 0.1) is 6.61 Å². The van der Waals surface area contributed by atoms with Gasteiger partial charge in [-0.05, 0) is 18.6 Å². The van der Waals surface area contributed by atoms with Crippen molar-refractivity contribution in [3.05, 3.63) is 23.4 Å². The van der Waals surface area contributed by atoms with Crippen LogP contribution >= 0.6 is 0 Å². The maximum atomic E-state index is 12.5. The number of aliphatic hydroxyl groups is 1. The summed E-state index contributed by atoms with van der Waals surface area (Å²) in [6, 6.07) is 2.67. The van der Waals surface area contributed by atoms with Crippen LogP contribution in [0.15, 0.2) is 12.1 Å². The van der Waals surface area contributed by atoms with Gasteiger partial charge in [-0.1, -0.05) is 13.3 Å². The molecule has 1 rings (SSSR count). The fourth-order valence-corrected chi connectivity index (χ4v) is 1.89. The minimum Gasteiger partial charge on any atom is -0.395 e. The summed E-state index contributed by atoms with van der Waals surface area (Å²) in [4.78, 5) is 16.7. The number of anilines is 1. The van der Waals surface area contributed by atoms with Crippen molar-refractivity contribution < 1.29 is 23.1 Å². The summed E-state index contributed by atoms with van der Waals surface area (Å²) < 4.78 is 37.4. The highest BCUT2D eigenvalue weighted by molar-refractivity contribution is 5.95. The van der Waals surface area contributed by atoms with Crippen molar-refractivity contribution in [1.82, 2.24) is 9.88 Å². The van der Waals surface area contributed by atoms with Crippen LogP contribution in [0.1, 0.15) is 29.4 Å². The van der Waals surface area contributed by atoms with E-state index in [-0.39, 0.29) is 11.4 Å². The first-order valence-electron chi connectivity index (χ1n) is 6.50. The Morgan fingerprint density at radius 2 is 2.10 bits per heavy atom. The lowest BCUT2D eigenvalue weighted by Crippen LogP contribution is -2.40. The van der Waals surface area contributed by atoms with Crippen LogP contribution < -0.4 is 5.73 Å². The molecule has 1 aromatic heterocycles. The number of hydrogen-bond acceptors (Lipinski definition) is 4. The Labute approximate surface area is 120 Å². The predicted molar refractivity (Wildman–Crippen MR) is 71.7 cm³/mol.